The largest absolute Gasteiger partial charge is 0.308 e. The molecular formula is C16H30N2. The van der Waals surface area contributed by atoms with Gasteiger partial charge < -0.3 is 5.32 Å². The van der Waals surface area contributed by atoms with E-state index < -0.39 is 0 Å². The van der Waals surface area contributed by atoms with Crippen LogP contribution in [0.1, 0.15) is 59.3 Å². The van der Waals surface area contributed by atoms with Crippen molar-refractivity contribution in [3.05, 3.63) is 0 Å². The van der Waals surface area contributed by atoms with Crippen molar-refractivity contribution in [1.82, 2.24) is 10.2 Å². The normalized spacial score (nSPS) is 39.8. The highest BCUT2D eigenvalue weighted by molar-refractivity contribution is 5.07. The summed E-state index contributed by atoms with van der Waals surface area (Å²) >= 11 is 0. The smallest absolute Gasteiger partial charge is 0.0309 e. The quantitative estimate of drug-likeness (QED) is 0.807. The van der Waals surface area contributed by atoms with Gasteiger partial charge in [-0.15, -0.1) is 0 Å². The van der Waals surface area contributed by atoms with Crippen molar-refractivity contribution in [1.29, 1.82) is 0 Å². The molecule has 104 valence electrons. The standard InChI is InChI=1S/C16H30N2/c1-4-5-12(2)18-11-16(3,14-8-9-14)17-10-15(18)13-6-7-13/h12-15,17H,4-11H2,1-3H3. The zero-order chi connectivity index (χ0) is 12.8. The van der Waals surface area contributed by atoms with Crippen LogP contribution in [0.25, 0.3) is 0 Å². The molecule has 18 heavy (non-hydrogen) atoms. The summed E-state index contributed by atoms with van der Waals surface area (Å²) in [4.78, 5) is 2.87. The average molecular weight is 250 g/mol. The van der Waals surface area contributed by atoms with Gasteiger partial charge in [0.1, 0.15) is 0 Å². The maximum absolute atomic E-state index is 3.91. The number of rotatable bonds is 5. The number of nitrogens with one attached hydrogen (secondary N) is 1. The summed E-state index contributed by atoms with van der Waals surface area (Å²) in [5.74, 6) is 1.95. The van der Waals surface area contributed by atoms with Crippen LogP contribution >= 0.6 is 0 Å². The molecule has 1 saturated heterocycles. The van der Waals surface area contributed by atoms with Crippen LogP contribution in [0.3, 0.4) is 0 Å². The SMILES string of the molecule is CCCC(C)N1CC(C)(C2CC2)NCC1C1CC1. The van der Waals surface area contributed by atoms with Crippen LogP contribution in [0.4, 0.5) is 0 Å². The molecule has 0 aromatic rings. The maximum atomic E-state index is 3.91. The Kier molecular flexibility index (Phi) is 3.44. The molecule has 2 heteroatoms. The molecule has 1 heterocycles. The molecule has 0 radical (unpaired) electrons. The summed E-state index contributed by atoms with van der Waals surface area (Å²) in [6.45, 7) is 9.79. The van der Waals surface area contributed by atoms with Crippen LogP contribution in [0, 0.1) is 11.8 Å². The second-order valence-corrected chi connectivity index (χ2v) is 7.29. The molecule has 2 saturated carbocycles. The van der Waals surface area contributed by atoms with Gasteiger partial charge in [-0.2, -0.15) is 0 Å². The fraction of sp³-hybridized carbons (Fsp3) is 1.00. The van der Waals surface area contributed by atoms with Crippen molar-refractivity contribution >= 4 is 0 Å². The van der Waals surface area contributed by atoms with Gasteiger partial charge in [-0.3, -0.25) is 4.90 Å². The lowest BCUT2D eigenvalue weighted by Gasteiger charge is -2.49. The Hall–Kier alpha value is -0.0800. The second kappa shape index (κ2) is 4.79. The maximum Gasteiger partial charge on any atom is 0.0309 e. The van der Waals surface area contributed by atoms with E-state index in [1.54, 1.807) is 0 Å². The highest BCUT2D eigenvalue weighted by Crippen LogP contribution is 2.44. The van der Waals surface area contributed by atoms with Gasteiger partial charge in [0.2, 0.25) is 0 Å². The third kappa shape index (κ3) is 2.46. The third-order valence-electron chi connectivity index (χ3n) is 5.57. The van der Waals surface area contributed by atoms with Gasteiger partial charge >= 0.3 is 0 Å². The molecule has 3 rings (SSSR count). The minimum atomic E-state index is 0.410. The van der Waals surface area contributed by atoms with Gasteiger partial charge in [0.05, 0.1) is 0 Å². The topological polar surface area (TPSA) is 15.3 Å². The van der Waals surface area contributed by atoms with E-state index in [-0.39, 0.29) is 0 Å². The Bertz CT molecular complexity index is 295. The number of hydrogen-bond acceptors (Lipinski definition) is 2. The molecule has 1 N–H and O–H groups in total. The van der Waals surface area contributed by atoms with E-state index in [4.69, 9.17) is 0 Å². The molecule has 0 bridgehead atoms. The summed E-state index contributed by atoms with van der Waals surface area (Å²) in [6, 6.07) is 1.61. The molecule has 2 aliphatic carbocycles. The van der Waals surface area contributed by atoms with Gasteiger partial charge in [0.25, 0.3) is 0 Å². The van der Waals surface area contributed by atoms with E-state index in [0.29, 0.717) is 5.54 Å². The Labute approximate surface area is 113 Å². The third-order valence-corrected chi connectivity index (χ3v) is 5.57. The first kappa shape index (κ1) is 12.9. The summed E-state index contributed by atoms with van der Waals surface area (Å²) in [7, 11) is 0. The first-order chi connectivity index (χ1) is 8.64. The molecule has 3 aliphatic rings. The van der Waals surface area contributed by atoms with Crippen LogP contribution in [0.5, 0.6) is 0 Å². The van der Waals surface area contributed by atoms with Gasteiger partial charge in [-0.05, 0) is 57.8 Å². The van der Waals surface area contributed by atoms with Crippen LogP contribution in [0.2, 0.25) is 0 Å². The van der Waals surface area contributed by atoms with E-state index >= 15 is 0 Å². The molecule has 3 atom stereocenters. The molecule has 2 nitrogen and oxygen atoms in total. The fourth-order valence-corrected chi connectivity index (χ4v) is 3.99. The van der Waals surface area contributed by atoms with Crippen molar-refractivity contribution in [2.24, 2.45) is 11.8 Å². The number of hydrogen-bond donors (Lipinski definition) is 1. The van der Waals surface area contributed by atoms with E-state index in [1.807, 2.05) is 0 Å². The molecular weight excluding hydrogens is 220 g/mol. The molecule has 0 aromatic carbocycles. The molecule has 3 unspecified atom stereocenters. The Balaban J connectivity index is 1.70. The van der Waals surface area contributed by atoms with Crippen molar-refractivity contribution in [2.75, 3.05) is 13.1 Å². The number of nitrogens with zero attached hydrogens (tertiary/aromatic N) is 1. The highest BCUT2D eigenvalue weighted by atomic mass is 15.3. The fourth-order valence-electron chi connectivity index (χ4n) is 3.99. The van der Waals surface area contributed by atoms with Gasteiger partial charge in [0, 0.05) is 30.7 Å². The van der Waals surface area contributed by atoms with E-state index in [9.17, 15) is 0 Å². The van der Waals surface area contributed by atoms with Crippen LogP contribution < -0.4 is 5.32 Å². The van der Waals surface area contributed by atoms with Gasteiger partial charge in [-0.1, -0.05) is 13.3 Å². The van der Waals surface area contributed by atoms with Crippen LogP contribution in [-0.2, 0) is 0 Å². The lowest BCUT2D eigenvalue weighted by Crippen LogP contribution is -2.66. The summed E-state index contributed by atoms with van der Waals surface area (Å²) < 4.78 is 0. The predicted octanol–water partition coefficient (Wildman–Crippen LogP) is 3.03. The summed E-state index contributed by atoms with van der Waals surface area (Å²) in [6.07, 6.45) is 8.54. The van der Waals surface area contributed by atoms with Crippen LogP contribution in [0.15, 0.2) is 0 Å². The highest BCUT2D eigenvalue weighted by Gasteiger charge is 2.49. The zero-order valence-electron chi connectivity index (χ0n) is 12.4. The van der Waals surface area contributed by atoms with Crippen molar-refractivity contribution < 1.29 is 0 Å². The predicted molar refractivity (Wildman–Crippen MR) is 76.7 cm³/mol. The second-order valence-electron chi connectivity index (χ2n) is 7.29. The molecule has 1 aliphatic heterocycles. The van der Waals surface area contributed by atoms with Crippen LogP contribution in [-0.4, -0.2) is 35.6 Å². The molecule has 0 amide bonds. The molecule has 0 spiro atoms. The van der Waals surface area contributed by atoms with E-state index in [1.165, 1.54) is 51.6 Å². The first-order valence-electron chi connectivity index (χ1n) is 8.15. The Morgan fingerprint density at radius 3 is 2.56 bits per heavy atom. The number of piperazine rings is 1. The molecule has 3 fully saturated rings. The Morgan fingerprint density at radius 2 is 2.00 bits per heavy atom. The first-order valence-corrected chi connectivity index (χ1v) is 8.15. The van der Waals surface area contributed by atoms with E-state index in [0.717, 1.165) is 23.9 Å². The monoisotopic (exact) mass is 250 g/mol. The molecule has 0 aromatic heterocycles. The minimum absolute atomic E-state index is 0.410. The zero-order valence-corrected chi connectivity index (χ0v) is 12.4. The van der Waals surface area contributed by atoms with Gasteiger partial charge in [0.15, 0.2) is 0 Å². The van der Waals surface area contributed by atoms with Gasteiger partial charge in [-0.25, -0.2) is 0 Å². The van der Waals surface area contributed by atoms with Crippen molar-refractivity contribution in [3.63, 3.8) is 0 Å². The average Bonchev–Trinajstić information content (AvgIpc) is 3.17. The Morgan fingerprint density at radius 1 is 1.28 bits per heavy atom. The minimum Gasteiger partial charge on any atom is -0.308 e. The van der Waals surface area contributed by atoms with Crippen molar-refractivity contribution in [3.8, 4) is 0 Å². The van der Waals surface area contributed by atoms with E-state index in [2.05, 4.69) is 31.0 Å². The lowest BCUT2D eigenvalue weighted by molar-refractivity contribution is 0.0312. The summed E-state index contributed by atoms with van der Waals surface area (Å²) in [5.41, 5.74) is 0.410. The summed E-state index contributed by atoms with van der Waals surface area (Å²) in [5, 5.41) is 3.91. The van der Waals surface area contributed by atoms with Crippen molar-refractivity contribution in [2.45, 2.75) is 76.9 Å². The lowest BCUT2D eigenvalue weighted by atomic mass is 9.88.